The lowest BCUT2D eigenvalue weighted by Gasteiger charge is -2.28. The minimum Gasteiger partial charge on any atom is -0.444 e. The van der Waals surface area contributed by atoms with Gasteiger partial charge in [-0.2, -0.15) is 0 Å². The number of aryl methyl sites for hydroxylation is 1. The second-order valence-electron chi connectivity index (χ2n) is 10.2. The molecule has 1 aromatic carbocycles. The molecule has 1 fully saturated rings. The number of carbonyl (C=O) groups excluding carboxylic acids is 1. The van der Waals surface area contributed by atoms with Crippen LogP contribution in [0.1, 0.15) is 63.3 Å². The van der Waals surface area contributed by atoms with Gasteiger partial charge in [0.05, 0.1) is 0 Å². The van der Waals surface area contributed by atoms with Gasteiger partial charge in [-0.1, -0.05) is 18.5 Å². The summed E-state index contributed by atoms with van der Waals surface area (Å²) in [4.78, 5) is 26.2. The van der Waals surface area contributed by atoms with E-state index in [-0.39, 0.29) is 11.5 Å². The molecule has 164 valence electrons. The van der Waals surface area contributed by atoms with Crippen LogP contribution in [0.15, 0.2) is 24.5 Å². The molecule has 1 spiro atoms. The van der Waals surface area contributed by atoms with Gasteiger partial charge in [0.2, 0.25) is 0 Å². The SMILES string of the molecule is C[C@@H]1CCc2ncnc(N3C[C@]4(CCN(C(=O)OC(C)(C)C)C4)c4cc(Cl)ccc43)c21. The van der Waals surface area contributed by atoms with E-state index in [9.17, 15) is 4.79 Å². The van der Waals surface area contributed by atoms with Crippen LogP contribution in [0.3, 0.4) is 0 Å². The Labute approximate surface area is 188 Å². The lowest BCUT2D eigenvalue weighted by molar-refractivity contribution is 0.0285. The number of hydrogen-bond acceptors (Lipinski definition) is 5. The highest BCUT2D eigenvalue weighted by molar-refractivity contribution is 6.30. The molecule has 0 N–H and O–H groups in total. The van der Waals surface area contributed by atoms with Crippen molar-refractivity contribution in [3.05, 3.63) is 46.4 Å². The quantitative estimate of drug-likeness (QED) is 0.609. The minimum atomic E-state index is -0.507. The van der Waals surface area contributed by atoms with E-state index in [2.05, 4.69) is 28.9 Å². The van der Waals surface area contributed by atoms with Gasteiger partial charge in [0, 0.05) is 47.0 Å². The van der Waals surface area contributed by atoms with Gasteiger partial charge in [-0.15, -0.1) is 0 Å². The molecule has 1 aliphatic carbocycles. The topological polar surface area (TPSA) is 58.6 Å². The molecule has 2 atom stereocenters. The largest absolute Gasteiger partial charge is 0.444 e. The van der Waals surface area contributed by atoms with Crippen LogP contribution in [0.4, 0.5) is 16.3 Å². The van der Waals surface area contributed by atoms with E-state index < -0.39 is 5.60 Å². The molecule has 2 aromatic rings. The molecule has 1 saturated heterocycles. The van der Waals surface area contributed by atoms with Crippen molar-refractivity contribution >= 4 is 29.2 Å². The van der Waals surface area contributed by atoms with Crippen LogP contribution in [-0.4, -0.2) is 46.2 Å². The number of fused-ring (bicyclic) bond motifs is 3. The fourth-order valence-corrected chi connectivity index (χ4v) is 5.54. The van der Waals surface area contributed by atoms with Crippen LogP contribution in [0, 0.1) is 0 Å². The van der Waals surface area contributed by atoms with Gasteiger partial charge in [0.1, 0.15) is 17.7 Å². The van der Waals surface area contributed by atoms with Gasteiger partial charge in [-0.05, 0) is 69.7 Å². The molecule has 2 aliphatic heterocycles. The number of nitrogens with zero attached hydrogens (tertiary/aromatic N) is 4. The number of halogens is 1. The van der Waals surface area contributed by atoms with Crippen molar-refractivity contribution in [1.29, 1.82) is 0 Å². The van der Waals surface area contributed by atoms with Gasteiger partial charge in [-0.3, -0.25) is 0 Å². The fraction of sp³-hybridized carbons (Fsp3) is 0.542. The second-order valence-corrected chi connectivity index (χ2v) is 10.6. The van der Waals surface area contributed by atoms with Gasteiger partial charge >= 0.3 is 6.09 Å². The van der Waals surface area contributed by atoms with Gasteiger partial charge in [0.15, 0.2) is 0 Å². The van der Waals surface area contributed by atoms with Crippen molar-refractivity contribution < 1.29 is 9.53 Å². The summed E-state index contributed by atoms with van der Waals surface area (Å²) in [5.74, 6) is 1.45. The number of rotatable bonds is 1. The highest BCUT2D eigenvalue weighted by Crippen LogP contribution is 2.51. The summed E-state index contributed by atoms with van der Waals surface area (Å²) in [6.07, 6.45) is 4.43. The summed E-state index contributed by atoms with van der Waals surface area (Å²) in [6, 6.07) is 6.11. The lowest BCUT2D eigenvalue weighted by atomic mass is 9.81. The summed E-state index contributed by atoms with van der Waals surface area (Å²) >= 11 is 6.43. The highest BCUT2D eigenvalue weighted by Gasteiger charge is 2.50. The Hall–Kier alpha value is -2.34. The van der Waals surface area contributed by atoms with Crippen LogP contribution in [0.2, 0.25) is 5.02 Å². The maximum absolute atomic E-state index is 12.8. The summed E-state index contributed by atoms with van der Waals surface area (Å²) in [7, 11) is 0. The smallest absolute Gasteiger partial charge is 0.410 e. The number of carbonyl (C=O) groups is 1. The standard InChI is InChI=1S/C24H29ClN4O2/c1-15-5-7-18-20(15)21(27-14-26-18)29-13-24(17-11-16(25)6-8-19(17)29)9-10-28(12-24)22(30)31-23(2,3)4/h6,8,11,14-15H,5,7,9-10,12-13H2,1-4H3/t15-,24-/m1/s1. The van der Waals surface area contributed by atoms with Crippen molar-refractivity contribution in [3.63, 3.8) is 0 Å². The van der Waals surface area contributed by atoms with Crippen molar-refractivity contribution in [3.8, 4) is 0 Å². The summed E-state index contributed by atoms with van der Waals surface area (Å²) < 4.78 is 5.65. The molecule has 5 rings (SSSR count). The number of aromatic nitrogens is 2. The van der Waals surface area contributed by atoms with E-state index in [1.165, 1.54) is 11.1 Å². The average molecular weight is 441 g/mol. The Kier molecular flexibility index (Phi) is 4.70. The molecular formula is C24H29ClN4O2. The maximum Gasteiger partial charge on any atom is 0.410 e. The predicted octanol–water partition coefficient (Wildman–Crippen LogP) is 5.21. The van der Waals surface area contributed by atoms with Gasteiger partial charge in [0.25, 0.3) is 0 Å². The Balaban J connectivity index is 1.52. The third-order valence-corrected chi connectivity index (χ3v) is 7.03. The first-order valence-corrected chi connectivity index (χ1v) is 11.4. The summed E-state index contributed by atoms with van der Waals surface area (Å²) in [5, 5.41) is 0.719. The Bertz CT molecular complexity index is 1050. The van der Waals surface area contributed by atoms with Gasteiger partial charge < -0.3 is 14.5 Å². The number of anilines is 2. The molecule has 31 heavy (non-hydrogen) atoms. The molecule has 3 aliphatic rings. The van der Waals surface area contributed by atoms with Crippen LogP contribution >= 0.6 is 11.6 Å². The Morgan fingerprint density at radius 1 is 1.26 bits per heavy atom. The molecule has 0 unspecified atom stereocenters. The van der Waals surface area contributed by atoms with E-state index in [1.54, 1.807) is 6.33 Å². The van der Waals surface area contributed by atoms with Crippen molar-refractivity contribution in [2.45, 2.75) is 63.9 Å². The first-order valence-electron chi connectivity index (χ1n) is 11.1. The maximum atomic E-state index is 12.8. The molecule has 0 radical (unpaired) electrons. The minimum absolute atomic E-state index is 0.184. The van der Waals surface area contributed by atoms with Crippen LogP contribution in [0.5, 0.6) is 0 Å². The van der Waals surface area contributed by atoms with E-state index in [4.69, 9.17) is 21.3 Å². The molecule has 3 heterocycles. The molecule has 1 aromatic heterocycles. The van der Waals surface area contributed by atoms with Crippen LogP contribution < -0.4 is 4.90 Å². The zero-order valence-corrected chi connectivity index (χ0v) is 19.4. The Morgan fingerprint density at radius 2 is 2.06 bits per heavy atom. The molecule has 1 amide bonds. The van der Waals surface area contributed by atoms with Crippen molar-refractivity contribution in [1.82, 2.24) is 14.9 Å². The fourth-order valence-electron chi connectivity index (χ4n) is 5.37. The normalized spacial score (nSPS) is 24.6. The molecular weight excluding hydrogens is 412 g/mol. The number of ether oxygens (including phenoxy) is 1. The van der Waals surface area contributed by atoms with E-state index >= 15 is 0 Å². The van der Waals surface area contributed by atoms with E-state index in [0.717, 1.165) is 48.0 Å². The lowest BCUT2D eigenvalue weighted by Crippen LogP contribution is -2.39. The Morgan fingerprint density at radius 3 is 2.84 bits per heavy atom. The van der Waals surface area contributed by atoms with Crippen LogP contribution in [-0.2, 0) is 16.6 Å². The average Bonchev–Trinajstić information content (AvgIpc) is 3.38. The number of amides is 1. The zero-order chi connectivity index (χ0) is 22.0. The third kappa shape index (κ3) is 3.45. The van der Waals surface area contributed by atoms with E-state index in [0.29, 0.717) is 19.0 Å². The van der Waals surface area contributed by atoms with Crippen LogP contribution in [0.25, 0.3) is 0 Å². The second kappa shape index (κ2) is 7.09. The summed E-state index contributed by atoms with van der Waals surface area (Å²) in [6.45, 7) is 10.0. The predicted molar refractivity (Wildman–Crippen MR) is 121 cm³/mol. The highest BCUT2D eigenvalue weighted by atomic mass is 35.5. The first-order chi connectivity index (χ1) is 14.7. The zero-order valence-electron chi connectivity index (χ0n) is 18.6. The molecule has 6 nitrogen and oxygen atoms in total. The van der Waals surface area contributed by atoms with Crippen molar-refractivity contribution in [2.24, 2.45) is 0 Å². The third-order valence-electron chi connectivity index (χ3n) is 6.80. The van der Waals surface area contributed by atoms with Gasteiger partial charge in [-0.25, -0.2) is 14.8 Å². The number of hydrogen-bond donors (Lipinski definition) is 0. The number of benzene rings is 1. The molecule has 7 heteroatoms. The van der Waals surface area contributed by atoms with E-state index in [1.807, 2.05) is 31.7 Å². The van der Waals surface area contributed by atoms with Crippen molar-refractivity contribution in [2.75, 3.05) is 24.5 Å². The number of likely N-dealkylation sites (tertiary alicyclic amines) is 1. The monoisotopic (exact) mass is 440 g/mol. The summed E-state index contributed by atoms with van der Waals surface area (Å²) in [5.41, 5.74) is 4.07. The molecule has 0 saturated carbocycles. The first kappa shape index (κ1) is 20.6. The molecule has 0 bridgehead atoms.